The van der Waals surface area contributed by atoms with Gasteiger partial charge < -0.3 is 15.1 Å². The van der Waals surface area contributed by atoms with Crippen LogP contribution in [-0.4, -0.2) is 39.8 Å². The molecule has 2 aromatic heterocycles. The van der Waals surface area contributed by atoms with Crippen molar-refractivity contribution >= 4 is 29.2 Å². The van der Waals surface area contributed by atoms with Gasteiger partial charge in [0.1, 0.15) is 23.5 Å². The second-order valence-corrected chi connectivity index (χ2v) is 8.32. The van der Waals surface area contributed by atoms with Gasteiger partial charge in [-0.3, -0.25) is 14.5 Å². The van der Waals surface area contributed by atoms with Crippen LogP contribution in [-0.2, 0) is 16.1 Å². The number of carbonyl (C=O) groups is 3. The highest BCUT2D eigenvalue weighted by atomic mass is 32.1. The van der Waals surface area contributed by atoms with Crippen LogP contribution < -0.4 is 10.6 Å². The van der Waals surface area contributed by atoms with Gasteiger partial charge in [0, 0.05) is 5.38 Å². The summed E-state index contributed by atoms with van der Waals surface area (Å²) >= 11 is 1.54. The Bertz CT molecular complexity index is 913. The summed E-state index contributed by atoms with van der Waals surface area (Å²) in [6.07, 6.45) is 4.16. The molecule has 0 aromatic carbocycles. The van der Waals surface area contributed by atoms with E-state index in [0.29, 0.717) is 24.4 Å². The van der Waals surface area contributed by atoms with Crippen LogP contribution in [0.1, 0.15) is 42.9 Å². The molecule has 28 heavy (non-hydrogen) atoms. The fourth-order valence-corrected chi connectivity index (χ4v) is 4.39. The molecule has 0 atom stereocenters. The van der Waals surface area contributed by atoms with Crippen molar-refractivity contribution < 1.29 is 18.8 Å². The number of amides is 4. The van der Waals surface area contributed by atoms with Gasteiger partial charge in [0.15, 0.2) is 5.76 Å². The Labute approximate surface area is 166 Å². The highest BCUT2D eigenvalue weighted by Crippen LogP contribution is 2.33. The second kappa shape index (κ2) is 7.38. The lowest BCUT2D eigenvalue weighted by atomic mass is 9.82. The zero-order valence-electron chi connectivity index (χ0n) is 15.6. The van der Waals surface area contributed by atoms with Crippen molar-refractivity contribution in [1.82, 2.24) is 20.5 Å². The molecule has 4 amide bonds. The van der Waals surface area contributed by atoms with Crippen molar-refractivity contribution in [1.29, 1.82) is 0 Å². The highest BCUT2D eigenvalue weighted by Gasteiger charge is 2.51. The molecule has 0 bridgehead atoms. The van der Waals surface area contributed by atoms with Crippen molar-refractivity contribution in [3.63, 3.8) is 0 Å². The Hall–Kier alpha value is -2.68. The lowest BCUT2D eigenvalue weighted by Gasteiger charge is -2.30. The summed E-state index contributed by atoms with van der Waals surface area (Å²) in [6, 6.07) is 3.09. The van der Waals surface area contributed by atoms with E-state index in [2.05, 4.69) is 15.6 Å². The third-order valence-corrected chi connectivity index (χ3v) is 6.02. The predicted molar refractivity (Wildman–Crippen MR) is 102 cm³/mol. The second-order valence-electron chi connectivity index (χ2n) is 7.26. The number of thiazole rings is 1. The fourth-order valence-electron chi connectivity index (χ4n) is 3.79. The van der Waals surface area contributed by atoms with Gasteiger partial charge in [-0.1, -0.05) is 19.3 Å². The SMILES string of the molecule is Cc1nc(-c2ccc(CNC(=O)CN3C(=O)NC4(CCCCC4)C3=O)o2)cs1. The molecule has 2 N–H and O–H groups in total. The molecule has 2 aromatic rings. The minimum atomic E-state index is -0.808. The van der Waals surface area contributed by atoms with Crippen molar-refractivity contribution in [3.8, 4) is 11.5 Å². The van der Waals surface area contributed by atoms with Crippen LogP contribution in [0.25, 0.3) is 11.5 Å². The van der Waals surface area contributed by atoms with Crippen LogP contribution in [0.4, 0.5) is 4.79 Å². The first-order chi connectivity index (χ1) is 13.5. The zero-order chi connectivity index (χ0) is 19.7. The molecule has 1 saturated heterocycles. The number of aryl methyl sites for hydroxylation is 1. The maximum absolute atomic E-state index is 12.7. The lowest BCUT2D eigenvalue weighted by molar-refractivity contribution is -0.135. The molecular weight excluding hydrogens is 380 g/mol. The normalized spacial score (nSPS) is 18.5. The number of nitrogens with zero attached hydrogens (tertiary/aromatic N) is 2. The Kier molecular flexibility index (Phi) is 4.92. The Morgan fingerprint density at radius 2 is 2.11 bits per heavy atom. The highest BCUT2D eigenvalue weighted by molar-refractivity contribution is 7.09. The number of hydrogen-bond donors (Lipinski definition) is 2. The molecular formula is C19H22N4O4S. The number of carbonyl (C=O) groups excluding carboxylic acids is 3. The zero-order valence-corrected chi connectivity index (χ0v) is 16.4. The van der Waals surface area contributed by atoms with E-state index >= 15 is 0 Å². The molecule has 9 heteroatoms. The number of rotatable bonds is 5. The standard InChI is InChI=1S/C19H22N4O4S/c1-12-21-14(11-28-12)15-6-5-13(27-15)9-20-16(24)10-23-17(25)19(22-18(23)26)7-3-2-4-8-19/h5-6,11H,2-4,7-10H2,1H3,(H,20,24)(H,22,26). The smallest absolute Gasteiger partial charge is 0.325 e. The van der Waals surface area contributed by atoms with Crippen molar-refractivity contribution in [3.05, 3.63) is 28.3 Å². The van der Waals surface area contributed by atoms with Gasteiger partial charge in [0.25, 0.3) is 5.91 Å². The summed E-state index contributed by atoms with van der Waals surface area (Å²) in [7, 11) is 0. The average molecular weight is 402 g/mol. The molecule has 0 unspecified atom stereocenters. The van der Waals surface area contributed by atoms with E-state index in [0.717, 1.165) is 34.9 Å². The fraction of sp³-hybridized carbons (Fsp3) is 0.474. The number of nitrogens with one attached hydrogen (secondary N) is 2. The third kappa shape index (κ3) is 3.54. The predicted octanol–water partition coefficient (Wildman–Crippen LogP) is 2.58. The van der Waals surface area contributed by atoms with Crippen molar-refractivity contribution in [2.24, 2.45) is 0 Å². The number of furan rings is 1. The van der Waals surface area contributed by atoms with Gasteiger partial charge in [-0.05, 0) is 31.9 Å². The molecule has 1 spiro atoms. The summed E-state index contributed by atoms with van der Waals surface area (Å²) in [5.41, 5.74) is -0.0471. The lowest BCUT2D eigenvalue weighted by Crippen LogP contribution is -2.49. The third-order valence-electron chi connectivity index (χ3n) is 5.25. The largest absolute Gasteiger partial charge is 0.458 e. The molecule has 4 rings (SSSR count). The number of aromatic nitrogens is 1. The number of imide groups is 1. The molecule has 2 aliphatic rings. The molecule has 8 nitrogen and oxygen atoms in total. The maximum atomic E-state index is 12.7. The minimum Gasteiger partial charge on any atom is -0.458 e. The summed E-state index contributed by atoms with van der Waals surface area (Å²) in [4.78, 5) is 42.6. The van der Waals surface area contributed by atoms with Gasteiger partial charge in [-0.25, -0.2) is 9.78 Å². The van der Waals surface area contributed by atoms with E-state index in [1.807, 2.05) is 12.3 Å². The molecule has 1 saturated carbocycles. The van der Waals surface area contributed by atoms with Crippen LogP contribution in [0.15, 0.2) is 21.9 Å². The first kappa shape index (κ1) is 18.7. The van der Waals surface area contributed by atoms with Crippen LogP contribution >= 0.6 is 11.3 Å². The Balaban J connectivity index is 1.33. The topological polar surface area (TPSA) is 105 Å². The van der Waals surface area contributed by atoms with E-state index in [9.17, 15) is 14.4 Å². The quantitative estimate of drug-likeness (QED) is 0.748. The van der Waals surface area contributed by atoms with E-state index < -0.39 is 17.5 Å². The van der Waals surface area contributed by atoms with Gasteiger partial charge in [-0.2, -0.15) is 0 Å². The summed E-state index contributed by atoms with van der Waals surface area (Å²) < 4.78 is 5.71. The van der Waals surface area contributed by atoms with Crippen molar-refractivity contribution in [2.75, 3.05) is 6.54 Å². The molecule has 2 fully saturated rings. The van der Waals surface area contributed by atoms with Crippen molar-refractivity contribution in [2.45, 2.75) is 51.1 Å². The van der Waals surface area contributed by atoms with Crippen LogP contribution in [0, 0.1) is 6.92 Å². The maximum Gasteiger partial charge on any atom is 0.325 e. The summed E-state index contributed by atoms with van der Waals surface area (Å²) in [5.74, 6) is 0.530. The molecule has 3 heterocycles. The Morgan fingerprint density at radius 3 is 2.82 bits per heavy atom. The van der Waals surface area contributed by atoms with Crippen LogP contribution in [0.5, 0.6) is 0 Å². The van der Waals surface area contributed by atoms with E-state index in [-0.39, 0.29) is 19.0 Å². The molecule has 148 valence electrons. The average Bonchev–Trinajstić information content (AvgIpc) is 3.37. The van der Waals surface area contributed by atoms with E-state index in [4.69, 9.17) is 4.42 Å². The van der Waals surface area contributed by atoms with Gasteiger partial charge in [0.05, 0.1) is 11.6 Å². The first-order valence-electron chi connectivity index (χ1n) is 9.39. The van der Waals surface area contributed by atoms with E-state index in [1.165, 1.54) is 11.3 Å². The van der Waals surface area contributed by atoms with Gasteiger partial charge >= 0.3 is 6.03 Å². The summed E-state index contributed by atoms with van der Waals surface area (Å²) in [5, 5.41) is 8.37. The molecule has 0 radical (unpaired) electrons. The van der Waals surface area contributed by atoms with Gasteiger partial charge in [0.2, 0.25) is 5.91 Å². The monoisotopic (exact) mass is 402 g/mol. The number of urea groups is 1. The molecule has 1 aliphatic carbocycles. The van der Waals surface area contributed by atoms with Crippen LogP contribution in [0.2, 0.25) is 0 Å². The Morgan fingerprint density at radius 1 is 1.32 bits per heavy atom. The van der Waals surface area contributed by atoms with Gasteiger partial charge in [-0.15, -0.1) is 11.3 Å². The molecule has 1 aliphatic heterocycles. The minimum absolute atomic E-state index is 0.177. The number of hydrogen-bond acceptors (Lipinski definition) is 6. The van der Waals surface area contributed by atoms with E-state index in [1.54, 1.807) is 12.1 Å². The van der Waals surface area contributed by atoms with Crippen LogP contribution in [0.3, 0.4) is 0 Å². The summed E-state index contributed by atoms with van der Waals surface area (Å²) in [6.45, 7) is 1.81. The first-order valence-corrected chi connectivity index (χ1v) is 10.3.